The number of nitrogens with one attached hydrogen (secondary N) is 1. The van der Waals surface area contributed by atoms with Crippen LogP contribution in [0.1, 0.15) is 5.56 Å². The number of carbonyl (C=O) groups excluding carboxylic acids is 1. The van der Waals surface area contributed by atoms with Crippen molar-refractivity contribution < 1.29 is 4.79 Å². The Labute approximate surface area is 192 Å². The lowest BCUT2D eigenvalue weighted by molar-refractivity contribution is -0.113. The average molecular weight is 464 g/mol. The molecule has 0 fully saturated rings. The number of hydrogen-bond acceptors (Lipinski definition) is 6. The number of rotatable bonds is 6. The van der Waals surface area contributed by atoms with Gasteiger partial charge in [0.05, 0.1) is 23.2 Å². The van der Waals surface area contributed by atoms with Gasteiger partial charge in [-0.1, -0.05) is 54.2 Å². The van der Waals surface area contributed by atoms with E-state index in [1.54, 1.807) is 28.8 Å². The number of nitrogens with zero attached hydrogens (tertiary/aromatic N) is 4. The van der Waals surface area contributed by atoms with Gasteiger partial charge < -0.3 is 5.32 Å². The highest BCUT2D eigenvalue weighted by Gasteiger charge is 2.15. The zero-order chi connectivity index (χ0) is 23.5. The smallest absolute Gasteiger partial charge is 0.311 e. The molecule has 33 heavy (non-hydrogen) atoms. The third-order valence-corrected chi connectivity index (χ3v) is 6.11. The van der Waals surface area contributed by atoms with Gasteiger partial charge in [0.1, 0.15) is 5.82 Å². The van der Waals surface area contributed by atoms with E-state index in [2.05, 4.69) is 10.3 Å². The van der Waals surface area contributed by atoms with Crippen LogP contribution >= 0.6 is 11.8 Å². The van der Waals surface area contributed by atoms with Crippen LogP contribution in [-0.2, 0) is 25.4 Å². The molecule has 1 amide bonds. The van der Waals surface area contributed by atoms with Gasteiger partial charge in [-0.15, -0.1) is 0 Å². The summed E-state index contributed by atoms with van der Waals surface area (Å²) in [6, 6.07) is 17.8. The summed E-state index contributed by atoms with van der Waals surface area (Å²) in [5.74, 6) is -0.401. The lowest BCUT2D eigenvalue weighted by atomic mass is 10.2. The third kappa shape index (κ3) is 4.65. The fourth-order valence-electron chi connectivity index (χ4n) is 3.33. The van der Waals surface area contributed by atoms with Crippen LogP contribution in [-0.4, -0.2) is 30.3 Å². The standard InChI is InChI=1S/C23H21N5O4S/c1-26-18(12-20(30)27(2)23(26)32)25-19(29)14-33-22-24-17-11-7-6-10-16(17)21(31)28(22)13-15-8-4-3-5-9-15/h3-12H,13-14H2,1-2H3,(H,25,29). The van der Waals surface area contributed by atoms with E-state index in [1.165, 1.54) is 24.7 Å². The van der Waals surface area contributed by atoms with Gasteiger partial charge in [0.15, 0.2) is 5.16 Å². The Morgan fingerprint density at radius 1 is 0.970 bits per heavy atom. The molecule has 2 aromatic carbocycles. The minimum absolute atomic E-state index is 0.0665. The highest BCUT2D eigenvalue weighted by molar-refractivity contribution is 7.99. The Morgan fingerprint density at radius 3 is 2.42 bits per heavy atom. The van der Waals surface area contributed by atoms with E-state index >= 15 is 0 Å². The Bertz CT molecular complexity index is 1520. The molecule has 168 valence electrons. The first-order chi connectivity index (χ1) is 15.8. The van der Waals surface area contributed by atoms with Gasteiger partial charge in [0, 0.05) is 20.2 Å². The van der Waals surface area contributed by atoms with E-state index in [0.29, 0.717) is 22.6 Å². The number of para-hydroxylation sites is 1. The van der Waals surface area contributed by atoms with Gasteiger partial charge in [-0.25, -0.2) is 9.78 Å². The summed E-state index contributed by atoms with van der Waals surface area (Å²) in [4.78, 5) is 54.3. The first-order valence-corrected chi connectivity index (χ1v) is 11.1. The number of carbonyl (C=O) groups is 1. The summed E-state index contributed by atoms with van der Waals surface area (Å²) in [5, 5.41) is 3.48. The molecule has 0 radical (unpaired) electrons. The minimum atomic E-state index is -0.543. The lowest BCUT2D eigenvalue weighted by Gasteiger charge is -2.14. The van der Waals surface area contributed by atoms with Gasteiger partial charge in [0.2, 0.25) is 5.91 Å². The number of thioether (sulfide) groups is 1. The van der Waals surface area contributed by atoms with Crippen LogP contribution in [0.4, 0.5) is 5.82 Å². The van der Waals surface area contributed by atoms with E-state index in [4.69, 9.17) is 0 Å². The van der Waals surface area contributed by atoms with Crippen molar-refractivity contribution in [2.75, 3.05) is 11.1 Å². The van der Waals surface area contributed by atoms with Crippen LogP contribution in [0, 0.1) is 0 Å². The molecule has 4 rings (SSSR count). The van der Waals surface area contributed by atoms with Gasteiger partial charge in [0.25, 0.3) is 11.1 Å². The van der Waals surface area contributed by atoms with Crippen LogP contribution in [0.15, 0.2) is 80.2 Å². The van der Waals surface area contributed by atoms with E-state index in [1.807, 2.05) is 30.3 Å². The number of benzene rings is 2. The zero-order valence-corrected chi connectivity index (χ0v) is 18.8. The van der Waals surface area contributed by atoms with Crippen LogP contribution in [0.25, 0.3) is 10.9 Å². The summed E-state index contributed by atoms with van der Waals surface area (Å²) < 4.78 is 3.68. The predicted octanol–water partition coefficient (Wildman–Crippen LogP) is 1.57. The second kappa shape index (κ2) is 9.29. The quantitative estimate of drug-likeness (QED) is 0.344. The number of amides is 1. The molecule has 0 aliphatic heterocycles. The van der Waals surface area contributed by atoms with Crippen molar-refractivity contribution in [2.24, 2.45) is 14.1 Å². The van der Waals surface area contributed by atoms with Gasteiger partial charge in [-0.2, -0.15) is 0 Å². The second-order valence-electron chi connectivity index (χ2n) is 7.39. The summed E-state index contributed by atoms with van der Waals surface area (Å²) in [6.07, 6.45) is 0. The summed E-state index contributed by atoms with van der Waals surface area (Å²) in [6.45, 7) is 0.310. The minimum Gasteiger partial charge on any atom is -0.311 e. The highest BCUT2D eigenvalue weighted by Crippen LogP contribution is 2.19. The maximum atomic E-state index is 13.2. The van der Waals surface area contributed by atoms with Crippen molar-refractivity contribution in [3.8, 4) is 0 Å². The molecule has 1 N–H and O–H groups in total. The first-order valence-electron chi connectivity index (χ1n) is 10.1. The normalized spacial score (nSPS) is 11.0. The molecule has 0 bridgehead atoms. The van der Waals surface area contributed by atoms with E-state index in [-0.39, 0.29) is 17.1 Å². The largest absolute Gasteiger partial charge is 0.332 e. The van der Waals surface area contributed by atoms with Crippen molar-refractivity contribution in [1.82, 2.24) is 18.7 Å². The predicted molar refractivity (Wildman–Crippen MR) is 128 cm³/mol. The van der Waals surface area contributed by atoms with E-state index in [0.717, 1.165) is 21.9 Å². The molecule has 0 spiro atoms. The van der Waals surface area contributed by atoms with Crippen LogP contribution in [0.3, 0.4) is 0 Å². The summed E-state index contributed by atoms with van der Waals surface area (Å²) in [5.41, 5.74) is 0.218. The molecule has 9 nitrogen and oxygen atoms in total. The molecule has 0 aliphatic rings. The Balaban J connectivity index is 1.62. The lowest BCUT2D eigenvalue weighted by Crippen LogP contribution is -2.38. The van der Waals surface area contributed by atoms with E-state index < -0.39 is 17.2 Å². The Kier molecular flexibility index (Phi) is 6.27. The fourth-order valence-corrected chi connectivity index (χ4v) is 4.12. The maximum absolute atomic E-state index is 13.2. The molecule has 4 aromatic rings. The second-order valence-corrected chi connectivity index (χ2v) is 8.34. The van der Waals surface area contributed by atoms with Crippen molar-refractivity contribution in [1.29, 1.82) is 0 Å². The molecule has 10 heteroatoms. The molecule has 0 saturated heterocycles. The molecule has 0 saturated carbocycles. The number of fused-ring (bicyclic) bond motifs is 1. The molecule has 0 unspecified atom stereocenters. The van der Waals surface area contributed by atoms with E-state index in [9.17, 15) is 19.2 Å². The zero-order valence-electron chi connectivity index (χ0n) is 18.0. The first kappa shape index (κ1) is 22.3. The number of aromatic nitrogens is 4. The van der Waals surface area contributed by atoms with Gasteiger partial charge in [-0.05, 0) is 17.7 Å². The number of anilines is 1. The van der Waals surface area contributed by atoms with Crippen LogP contribution in [0.5, 0.6) is 0 Å². The number of hydrogen-bond donors (Lipinski definition) is 1. The molecule has 2 aromatic heterocycles. The van der Waals surface area contributed by atoms with Crippen molar-refractivity contribution in [3.63, 3.8) is 0 Å². The highest BCUT2D eigenvalue weighted by atomic mass is 32.2. The fraction of sp³-hybridized carbons (Fsp3) is 0.174. The Morgan fingerprint density at radius 2 is 1.67 bits per heavy atom. The van der Waals surface area contributed by atoms with Crippen LogP contribution < -0.4 is 22.1 Å². The molecule has 2 heterocycles. The van der Waals surface area contributed by atoms with Crippen molar-refractivity contribution in [2.45, 2.75) is 11.7 Å². The van der Waals surface area contributed by atoms with Crippen LogP contribution in [0.2, 0.25) is 0 Å². The average Bonchev–Trinajstić information content (AvgIpc) is 2.82. The summed E-state index contributed by atoms with van der Waals surface area (Å²) >= 11 is 1.11. The molecule has 0 aliphatic carbocycles. The summed E-state index contributed by atoms with van der Waals surface area (Å²) in [7, 11) is 2.83. The van der Waals surface area contributed by atoms with Gasteiger partial charge in [-0.3, -0.25) is 28.1 Å². The maximum Gasteiger partial charge on any atom is 0.332 e. The monoisotopic (exact) mass is 463 g/mol. The van der Waals surface area contributed by atoms with Crippen molar-refractivity contribution in [3.05, 3.63) is 97.4 Å². The van der Waals surface area contributed by atoms with Gasteiger partial charge >= 0.3 is 5.69 Å². The Hall–Kier alpha value is -3.92. The topological polar surface area (TPSA) is 108 Å². The molecular formula is C23H21N5O4S. The van der Waals surface area contributed by atoms with Crippen molar-refractivity contribution >= 4 is 34.4 Å². The molecule has 0 atom stereocenters. The molecular weight excluding hydrogens is 442 g/mol. The SMILES string of the molecule is Cn1c(NC(=O)CSc2nc3ccccc3c(=O)n2Cc2ccccc2)cc(=O)n(C)c1=O. The third-order valence-electron chi connectivity index (χ3n) is 5.14.